The van der Waals surface area contributed by atoms with Crippen LogP contribution in [0.1, 0.15) is 43.9 Å². The third kappa shape index (κ3) is 5.26. The maximum atomic E-state index is 11.3. The highest BCUT2D eigenvalue weighted by molar-refractivity contribution is 7.89. The second kappa shape index (κ2) is 7.95. The van der Waals surface area contributed by atoms with Crippen molar-refractivity contribution in [1.82, 2.24) is 5.32 Å². The maximum Gasteiger partial charge on any atom is 0.238 e. The molecule has 0 aliphatic heterocycles. The van der Waals surface area contributed by atoms with Gasteiger partial charge < -0.3 is 10.6 Å². The molecule has 0 radical (unpaired) electrons. The monoisotopic (exact) mass is 377 g/mol. The largest absolute Gasteiger partial charge is 0.356 e. The normalized spacial score (nSPS) is 12.7. The van der Waals surface area contributed by atoms with E-state index in [0.717, 1.165) is 11.3 Å². The van der Waals surface area contributed by atoms with Crippen LogP contribution in [0.3, 0.4) is 0 Å². The number of hydrogen-bond donors (Lipinski definition) is 3. The number of benzene rings is 2. The zero-order valence-electron chi connectivity index (χ0n) is 14.5. The van der Waals surface area contributed by atoms with Crippen molar-refractivity contribution in [1.29, 1.82) is 0 Å². The SMILES string of the molecule is CC(C)c1ccccc1NC(=S)N[C@@H](C)c1ccc(S(N)(=O)=O)cc1. The van der Waals surface area contributed by atoms with E-state index >= 15 is 0 Å². The Hall–Kier alpha value is -1.96. The minimum Gasteiger partial charge on any atom is -0.356 e. The van der Waals surface area contributed by atoms with Crippen LogP contribution in [-0.4, -0.2) is 13.5 Å². The van der Waals surface area contributed by atoms with E-state index in [9.17, 15) is 8.42 Å². The van der Waals surface area contributed by atoms with Crippen LogP contribution in [0.15, 0.2) is 53.4 Å². The quantitative estimate of drug-likeness (QED) is 0.695. The zero-order valence-corrected chi connectivity index (χ0v) is 16.1. The summed E-state index contributed by atoms with van der Waals surface area (Å²) in [5, 5.41) is 12.1. The van der Waals surface area contributed by atoms with Gasteiger partial charge in [0.25, 0.3) is 0 Å². The summed E-state index contributed by atoms with van der Waals surface area (Å²) in [7, 11) is -3.68. The molecular formula is C18H23N3O2S2. The number of nitrogens with two attached hydrogens (primary N) is 1. The smallest absolute Gasteiger partial charge is 0.238 e. The maximum absolute atomic E-state index is 11.3. The second-order valence-electron chi connectivity index (χ2n) is 6.18. The molecule has 2 rings (SSSR count). The fraction of sp³-hybridized carbons (Fsp3) is 0.278. The summed E-state index contributed by atoms with van der Waals surface area (Å²) in [5.41, 5.74) is 3.08. The first-order valence-electron chi connectivity index (χ1n) is 7.97. The predicted octanol–water partition coefficient (Wildman–Crippen LogP) is 3.51. The number of rotatable bonds is 5. The minimum absolute atomic E-state index is 0.0826. The molecule has 25 heavy (non-hydrogen) atoms. The van der Waals surface area contributed by atoms with Crippen LogP contribution >= 0.6 is 12.2 Å². The van der Waals surface area contributed by atoms with E-state index < -0.39 is 10.0 Å². The Labute approximate surface area is 154 Å². The topological polar surface area (TPSA) is 84.2 Å². The van der Waals surface area contributed by atoms with Crippen molar-refractivity contribution in [2.24, 2.45) is 5.14 Å². The lowest BCUT2D eigenvalue weighted by atomic mass is 10.0. The van der Waals surface area contributed by atoms with Gasteiger partial charge >= 0.3 is 0 Å². The van der Waals surface area contributed by atoms with Gasteiger partial charge in [0.15, 0.2) is 5.11 Å². The molecule has 0 fully saturated rings. The Morgan fingerprint density at radius 3 is 2.20 bits per heavy atom. The fourth-order valence-electron chi connectivity index (χ4n) is 2.50. The van der Waals surface area contributed by atoms with Crippen LogP contribution in [0.4, 0.5) is 5.69 Å². The summed E-state index contributed by atoms with van der Waals surface area (Å²) in [4.78, 5) is 0.0926. The van der Waals surface area contributed by atoms with Crippen molar-refractivity contribution in [2.75, 3.05) is 5.32 Å². The van der Waals surface area contributed by atoms with E-state index in [2.05, 4.69) is 30.5 Å². The highest BCUT2D eigenvalue weighted by Crippen LogP contribution is 2.24. The van der Waals surface area contributed by atoms with Gasteiger partial charge in [-0.05, 0) is 54.4 Å². The number of primary sulfonamides is 1. The summed E-state index contributed by atoms with van der Waals surface area (Å²) in [5.74, 6) is 0.384. The highest BCUT2D eigenvalue weighted by Gasteiger charge is 2.12. The molecule has 4 N–H and O–H groups in total. The number of anilines is 1. The molecule has 2 aromatic rings. The first-order chi connectivity index (χ1) is 11.7. The number of sulfonamides is 1. The van der Waals surface area contributed by atoms with Gasteiger partial charge in [0.05, 0.1) is 10.9 Å². The van der Waals surface area contributed by atoms with Crippen molar-refractivity contribution < 1.29 is 8.42 Å². The standard InChI is InChI=1S/C18H23N3O2S2/c1-12(2)16-6-4-5-7-17(16)21-18(24)20-13(3)14-8-10-15(11-9-14)25(19,22)23/h4-13H,1-3H3,(H2,19,22,23)(H2,20,21,24)/t13-/m0/s1. The van der Waals surface area contributed by atoms with Gasteiger partial charge in [-0.3, -0.25) is 0 Å². The third-order valence-electron chi connectivity index (χ3n) is 3.89. The molecule has 134 valence electrons. The van der Waals surface area contributed by atoms with Crippen LogP contribution < -0.4 is 15.8 Å². The lowest BCUT2D eigenvalue weighted by molar-refractivity contribution is 0.597. The highest BCUT2D eigenvalue weighted by atomic mass is 32.2. The molecule has 5 nitrogen and oxygen atoms in total. The second-order valence-corrected chi connectivity index (χ2v) is 8.15. The fourth-order valence-corrected chi connectivity index (χ4v) is 3.30. The third-order valence-corrected chi connectivity index (χ3v) is 5.04. The molecule has 0 bridgehead atoms. The van der Waals surface area contributed by atoms with Gasteiger partial charge in [-0.2, -0.15) is 0 Å². The van der Waals surface area contributed by atoms with Crippen molar-refractivity contribution >= 4 is 33.0 Å². The lowest BCUT2D eigenvalue weighted by Gasteiger charge is -2.20. The van der Waals surface area contributed by atoms with Crippen molar-refractivity contribution in [3.8, 4) is 0 Å². The van der Waals surface area contributed by atoms with Gasteiger partial charge in [-0.1, -0.05) is 44.2 Å². The van der Waals surface area contributed by atoms with E-state index in [0.29, 0.717) is 11.0 Å². The molecule has 0 saturated heterocycles. The number of hydrogen-bond acceptors (Lipinski definition) is 3. The summed E-state index contributed by atoms with van der Waals surface area (Å²) >= 11 is 5.41. The Bertz CT molecular complexity index is 847. The molecule has 0 aliphatic carbocycles. The molecule has 1 atom stereocenters. The van der Waals surface area contributed by atoms with Crippen molar-refractivity contribution in [3.63, 3.8) is 0 Å². The van der Waals surface area contributed by atoms with E-state index in [1.54, 1.807) is 12.1 Å². The Morgan fingerprint density at radius 1 is 1.04 bits per heavy atom. The van der Waals surface area contributed by atoms with E-state index in [-0.39, 0.29) is 10.9 Å². The molecule has 2 aromatic carbocycles. The molecule has 0 saturated carbocycles. The van der Waals surface area contributed by atoms with Gasteiger partial charge in [0.1, 0.15) is 0 Å². The van der Waals surface area contributed by atoms with Crippen LogP contribution in [0.25, 0.3) is 0 Å². The van der Waals surface area contributed by atoms with Crippen LogP contribution in [0.5, 0.6) is 0 Å². The summed E-state index contributed by atoms with van der Waals surface area (Å²) in [6, 6.07) is 14.4. The molecule has 0 amide bonds. The minimum atomic E-state index is -3.68. The first kappa shape index (κ1) is 19.4. The molecule has 0 aromatic heterocycles. The molecule has 0 unspecified atom stereocenters. The molecule has 0 aliphatic rings. The van der Waals surface area contributed by atoms with Crippen molar-refractivity contribution in [2.45, 2.75) is 37.6 Å². The van der Waals surface area contributed by atoms with Gasteiger partial charge in [0, 0.05) is 5.69 Å². The molecule has 0 heterocycles. The Kier molecular flexibility index (Phi) is 6.16. The zero-order chi connectivity index (χ0) is 18.6. The van der Waals surface area contributed by atoms with Crippen LogP contribution in [0, 0.1) is 0 Å². The average Bonchev–Trinajstić information content (AvgIpc) is 2.54. The van der Waals surface area contributed by atoms with E-state index in [1.165, 1.54) is 17.7 Å². The molecule has 7 heteroatoms. The van der Waals surface area contributed by atoms with Crippen molar-refractivity contribution in [3.05, 3.63) is 59.7 Å². The number of thiocarbonyl (C=S) groups is 1. The first-order valence-corrected chi connectivity index (χ1v) is 9.93. The van der Waals surface area contributed by atoms with E-state index in [1.807, 2.05) is 25.1 Å². The van der Waals surface area contributed by atoms with Crippen LogP contribution in [-0.2, 0) is 10.0 Å². The number of para-hydroxylation sites is 1. The Morgan fingerprint density at radius 2 is 1.64 bits per heavy atom. The molecular weight excluding hydrogens is 354 g/mol. The Balaban J connectivity index is 2.06. The summed E-state index contributed by atoms with van der Waals surface area (Å²) in [6.45, 7) is 6.22. The predicted molar refractivity (Wildman–Crippen MR) is 106 cm³/mol. The summed E-state index contributed by atoms with van der Waals surface area (Å²) < 4.78 is 22.6. The lowest BCUT2D eigenvalue weighted by Crippen LogP contribution is -2.31. The average molecular weight is 378 g/mol. The molecule has 0 spiro atoms. The van der Waals surface area contributed by atoms with E-state index in [4.69, 9.17) is 17.4 Å². The number of nitrogens with one attached hydrogen (secondary N) is 2. The summed E-state index contributed by atoms with van der Waals surface area (Å²) in [6.07, 6.45) is 0. The van der Waals surface area contributed by atoms with Gasteiger partial charge in [-0.15, -0.1) is 0 Å². The van der Waals surface area contributed by atoms with Gasteiger partial charge in [-0.25, -0.2) is 13.6 Å². The van der Waals surface area contributed by atoms with Gasteiger partial charge in [0.2, 0.25) is 10.0 Å². The van der Waals surface area contributed by atoms with Crippen LogP contribution in [0.2, 0.25) is 0 Å².